The van der Waals surface area contributed by atoms with E-state index in [2.05, 4.69) is 15.1 Å². The number of carbonyl (C=O) groups excluding carboxylic acids is 1. The molecule has 10 heteroatoms. The van der Waals surface area contributed by atoms with Crippen LogP contribution in [0.15, 0.2) is 59.8 Å². The fourth-order valence-corrected chi connectivity index (χ4v) is 4.86. The molecule has 1 amide bonds. The van der Waals surface area contributed by atoms with E-state index in [9.17, 15) is 18.0 Å². The highest BCUT2D eigenvalue weighted by Gasteiger charge is 2.35. The molecule has 0 bridgehead atoms. The topological polar surface area (TPSA) is 54.3 Å². The maximum absolute atomic E-state index is 13.8. The van der Waals surface area contributed by atoms with E-state index in [1.54, 1.807) is 13.1 Å². The summed E-state index contributed by atoms with van der Waals surface area (Å²) in [4.78, 5) is 16.5. The van der Waals surface area contributed by atoms with Crippen molar-refractivity contribution in [1.29, 1.82) is 0 Å². The second-order valence-electron chi connectivity index (χ2n) is 8.16. The van der Waals surface area contributed by atoms with Crippen molar-refractivity contribution < 1.29 is 18.0 Å². The largest absolute Gasteiger partial charge is 0.418 e. The molecule has 1 aliphatic heterocycles. The van der Waals surface area contributed by atoms with Gasteiger partial charge < -0.3 is 4.90 Å². The van der Waals surface area contributed by atoms with Gasteiger partial charge in [-0.25, -0.2) is 0 Å². The fraction of sp³-hybridized carbons (Fsp3) is 0.375. The smallest absolute Gasteiger partial charge is 0.315 e. The number of hydrogen-bond donors (Lipinski definition) is 0. The molecule has 0 unspecified atom stereocenters. The number of amides is 1. The zero-order valence-corrected chi connectivity index (χ0v) is 19.6. The van der Waals surface area contributed by atoms with Gasteiger partial charge in [-0.05, 0) is 50.2 Å². The Balaban J connectivity index is 1.63. The number of benzene rings is 2. The highest BCUT2D eigenvalue weighted by atomic mass is 32.2. The molecule has 0 radical (unpaired) electrons. The first-order chi connectivity index (χ1) is 16.3. The van der Waals surface area contributed by atoms with Crippen LogP contribution < -0.4 is 4.90 Å². The highest BCUT2D eigenvalue weighted by molar-refractivity contribution is 7.99. The van der Waals surface area contributed by atoms with Gasteiger partial charge in [0.25, 0.3) is 0 Å². The second kappa shape index (κ2) is 10.6. The Morgan fingerprint density at radius 3 is 2.38 bits per heavy atom. The van der Waals surface area contributed by atoms with Crippen molar-refractivity contribution in [2.45, 2.75) is 37.1 Å². The summed E-state index contributed by atoms with van der Waals surface area (Å²) in [5, 5.41) is 8.71. The second-order valence-corrected chi connectivity index (χ2v) is 9.11. The zero-order chi connectivity index (χ0) is 24.1. The molecule has 1 saturated heterocycles. The maximum Gasteiger partial charge on any atom is 0.418 e. The number of anilines is 1. The summed E-state index contributed by atoms with van der Waals surface area (Å²) in [5.74, 6) is 0.263. The zero-order valence-electron chi connectivity index (χ0n) is 18.8. The molecule has 1 aromatic heterocycles. The van der Waals surface area contributed by atoms with E-state index in [-0.39, 0.29) is 22.5 Å². The number of likely N-dealkylation sites (tertiary alicyclic amines) is 1. The van der Waals surface area contributed by atoms with Crippen LogP contribution in [0.5, 0.6) is 0 Å². The summed E-state index contributed by atoms with van der Waals surface area (Å²) in [6.45, 7) is 2.14. The van der Waals surface area contributed by atoms with E-state index < -0.39 is 11.7 Å². The number of piperidine rings is 1. The van der Waals surface area contributed by atoms with Crippen LogP contribution in [0.2, 0.25) is 0 Å². The van der Waals surface area contributed by atoms with Crippen LogP contribution in [0, 0.1) is 0 Å². The summed E-state index contributed by atoms with van der Waals surface area (Å²) in [6.07, 6.45) is -1.28. The minimum Gasteiger partial charge on any atom is -0.315 e. The van der Waals surface area contributed by atoms with Gasteiger partial charge in [-0.1, -0.05) is 48.5 Å². The first-order valence-corrected chi connectivity index (χ1v) is 12.1. The standard InChI is InChI=1S/C24H26F3N5OS/c1-30(18-10-4-2-5-11-18)22(33)17-34-23-29-28-21(16-31-14-8-3-9-15-31)32(23)20-13-7-6-12-19(20)24(25,26)27/h2,4-7,10-13H,3,8-9,14-17H2,1H3. The van der Waals surface area contributed by atoms with Gasteiger partial charge in [-0.2, -0.15) is 13.2 Å². The van der Waals surface area contributed by atoms with Crippen LogP contribution >= 0.6 is 11.8 Å². The fourth-order valence-electron chi connectivity index (χ4n) is 3.98. The van der Waals surface area contributed by atoms with Crippen LogP contribution in [0.25, 0.3) is 5.69 Å². The summed E-state index contributed by atoms with van der Waals surface area (Å²) in [5.41, 5.74) is -0.0505. The van der Waals surface area contributed by atoms with Crippen molar-refractivity contribution in [3.63, 3.8) is 0 Å². The third-order valence-electron chi connectivity index (χ3n) is 5.81. The number of hydrogen-bond acceptors (Lipinski definition) is 5. The average Bonchev–Trinajstić information content (AvgIpc) is 3.24. The van der Waals surface area contributed by atoms with E-state index in [0.29, 0.717) is 12.4 Å². The molecular formula is C24H26F3N5OS. The Kier molecular flexibility index (Phi) is 7.57. The molecule has 1 aliphatic rings. The number of aromatic nitrogens is 3. The first kappa shape index (κ1) is 24.3. The summed E-state index contributed by atoms with van der Waals surface area (Å²) >= 11 is 1.09. The monoisotopic (exact) mass is 489 g/mol. The Hall–Kier alpha value is -2.85. The lowest BCUT2D eigenvalue weighted by atomic mass is 10.1. The highest BCUT2D eigenvalue weighted by Crippen LogP contribution is 2.36. The van der Waals surface area contributed by atoms with Crippen molar-refractivity contribution in [1.82, 2.24) is 19.7 Å². The number of carbonyl (C=O) groups is 1. The van der Waals surface area contributed by atoms with E-state index in [1.165, 1.54) is 21.6 Å². The van der Waals surface area contributed by atoms with Gasteiger partial charge in [0.2, 0.25) is 5.91 Å². The normalized spacial score (nSPS) is 14.8. The molecule has 0 N–H and O–H groups in total. The molecule has 0 atom stereocenters. The van der Waals surface area contributed by atoms with Gasteiger partial charge in [0, 0.05) is 12.7 Å². The SMILES string of the molecule is CN(C(=O)CSc1nnc(CN2CCCCC2)n1-c1ccccc1C(F)(F)F)c1ccccc1. The average molecular weight is 490 g/mol. The van der Waals surface area contributed by atoms with Gasteiger partial charge in [0.15, 0.2) is 11.0 Å². The van der Waals surface area contributed by atoms with Gasteiger partial charge in [0.1, 0.15) is 0 Å². The molecular weight excluding hydrogens is 463 g/mol. The summed E-state index contributed by atoms with van der Waals surface area (Å²) in [7, 11) is 1.67. The Morgan fingerprint density at radius 1 is 1.00 bits per heavy atom. The number of rotatable bonds is 7. The van der Waals surface area contributed by atoms with Crippen molar-refractivity contribution >= 4 is 23.4 Å². The number of halogens is 3. The molecule has 34 heavy (non-hydrogen) atoms. The predicted octanol–water partition coefficient (Wildman–Crippen LogP) is 5.03. The summed E-state index contributed by atoms with van der Waals surface area (Å²) < 4.78 is 43.0. The van der Waals surface area contributed by atoms with Crippen LogP contribution in [-0.2, 0) is 17.5 Å². The van der Waals surface area contributed by atoms with Crippen molar-refractivity contribution in [2.75, 3.05) is 30.8 Å². The van der Waals surface area contributed by atoms with Crippen molar-refractivity contribution in [3.8, 4) is 5.69 Å². The van der Waals surface area contributed by atoms with Gasteiger partial charge in [-0.3, -0.25) is 14.3 Å². The lowest BCUT2D eigenvalue weighted by molar-refractivity contribution is -0.137. The third kappa shape index (κ3) is 5.61. The molecule has 4 rings (SSSR count). The molecule has 2 heterocycles. The lowest BCUT2D eigenvalue weighted by Gasteiger charge is -2.26. The van der Waals surface area contributed by atoms with E-state index >= 15 is 0 Å². The third-order valence-corrected chi connectivity index (χ3v) is 6.72. The minimum atomic E-state index is -4.53. The van der Waals surface area contributed by atoms with Gasteiger partial charge >= 0.3 is 6.18 Å². The predicted molar refractivity (Wildman–Crippen MR) is 126 cm³/mol. The summed E-state index contributed by atoms with van der Waals surface area (Å²) in [6, 6.07) is 14.6. The van der Waals surface area contributed by atoms with Crippen LogP contribution in [0.4, 0.5) is 18.9 Å². The van der Waals surface area contributed by atoms with E-state index in [0.717, 1.165) is 55.9 Å². The Bertz CT molecular complexity index is 1110. The number of nitrogens with zero attached hydrogens (tertiary/aromatic N) is 5. The number of alkyl halides is 3. The van der Waals surface area contributed by atoms with E-state index in [4.69, 9.17) is 0 Å². The molecule has 1 fully saturated rings. The minimum absolute atomic E-state index is 0.0153. The molecule has 2 aromatic carbocycles. The molecule has 0 spiro atoms. The number of para-hydroxylation sites is 2. The van der Waals surface area contributed by atoms with Crippen LogP contribution in [0.1, 0.15) is 30.7 Å². The number of thioether (sulfide) groups is 1. The molecule has 0 aliphatic carbocycles. The molecule has 0 saturated carbocycles. The van der Waals surface area contributed by atoms with Crippen LogP contribution in [0.3, 0.4) is 0 Å². The molecule has 6 nitrogen and oxygen atoms in total. The van der Waals surface area contributed by atoms with Crippen molar-refractivity contribution in [3.05, 3.63) is 66.0 Å². The molecule has 180 valence electrons. The van der Waals surface area contributed by atoms with Crippen molar-refractivity contribution in [2.24, 2.45) is 0 Å². The van der Waals surface area contributed by atoms with Crippen LogP contribution in [-0.4, -0.2) is 51.5 Å². The maximum atomic E-state index is 13.8. The quantitative estimate of drug-likeness (QED) is 0.436. The Morgan fingerprint density at radius 2 is 1.68 bits per heavy atom. The van der Waals surface area contributed by atoms with Gasteiger partial charge in [0.05, 0.1) is 23.5 Å². The Labute approximate surface area is 200 Å². The lowest BCUT2D eigenvalue weighted by Crippen LogP contribution is -2.30. The first-order valence-electron chi connectivity index (χ1n) is 11.1. The van der Waals surface area contributed by atoms with Gasteiger partial charge in [-0.15, -0.1) is 10.2 Å². The molecule has 3 aromatic rings. The van der Waals surface area contributed by atoms with E-state index in [1.807, 2.05) is 30.3 Å².